The van der Waals surface area contributed by atoms with Crippen molar-refractivity contribution in [3.63, 3.8) is 0 Å². The molecular formula is C21H21N5O. The van der Waals surface area contributed by atoms with Gasteiger partial charge in [0.25, 0.3) is 0 Å². The molecule has 4 heterocycles. The molecule has 0 amide bonds. The van der Waals surface area contributed by atoms with E-state index in [2.05, 4.69) is 37.0 Å². The highest BCUT2D eigenvalue weighted by Gasteiger charge is 2.22. The number of hydrogen-bond donors (Lipinski definition) is 0. The van der Waals surface area contributed by atoms with Gasteiger partial charge in [-0.3, -0.25) is 0 Å². The number of benzene rings is 1. The molecule has 6 nitrogen and oxygen atoms in total. The zero-order valence-corrected chi connectivity index (χ0v) is 15.5. The number of ether oxygens (including phenoxy) is 1. The maximum Gasteiger partial charge on any atom is 0.185 e. The average Bonchev–Trinajstić information content (AvgIpc) is 3.34. The minimum Gasteiger partial charge on any atom is -0.376 e. The number of aromatic nitrogens is 5. The summed E-state index contributed by atoms with van der Waals surface area (Å²) in [6, 6.07) is 10.6. The number of hydrogen-bond acceptors (Lipinski definition) is 4. The van der Waals surface area contributed by atoms with E-state index in [1.165, 1.54) is 11.1 Å². The smallest absolute Gasteiger partial charge is 0.185 e. The molecule has 0 aliphatic carbocycles. The van der Waals surface area contributed by atoms with Crippen LogP contribution in [0.1, 0.15) is 31.0 Å². The van der Waals surface area contributed by atoms with Crippen molar-refractivity contribution < 1.29 is 4.74 Å². The summed E-state index contributed by atoms with van der Waals surface area (Å²) in [5.41, 5.74) is 5.47. The largest absolute Gasteiger partial charge is 0.376 e. The summed E-state index contributed by atoms with van der Waals surface area (Å²) < 4.78 is 9.72. The monoisotopic (exact) mass is 359 g/mol. The maximum atomic E-state index is 5.73. The van der Waals surface area contributed by atoms with Crippen molar-refractivity contribution in [3.8, 4) is 22.8 Å². The first-order chi connectivity index (χ1) is 13.2. The van der Waals surface area contributed by atoms with Crippen LogP contribution in [0.3, 0.4) is 0 Å². The predicted octanol–water partition coefficient (Wildman–Crippen LogP) is 3.91. The Hall–Kier alpha value is -2.99. The fourth-order valence-electron chi connectivity index (χ4n) is 3.71. The molecule has 5 rings (SSSR count). The van der Waals surface area contributed by atoms with Crippen molar-refractivity contribution in [2.24, 2.45) is 0 Å². The number of nitrogens with zero attached hydrogens (tertiary/aromatic N) is 5. The van der Waals surface area contributed by atoms with Crippen LogP contribution in [-0.4, -0.2) is 30.8 Å². The lowest BCUT2D eigenvalue weighted by molar-refractivity contribution is 0.111. The quantitative estimate of drug-likeness (QED) is 0.556. The molecule has 0 spiro atoms. The Morgan fingerprint density at radius 1 is 1.07 bits per heavy atom. The lowest BCUT2D eigenvalue weighted by Crippen LogP contribution is -2.13. The molecule has 0 fully saturated rings. The Morgan fingerprint density at radius 3 is 2.85 bits per heavy atom. The van der Waals surface area contributed by atoms with Crippen LogP contribution in [0.15, 0.2) is 48.9 Å². The Balaban J connectivity index is 1.72. The lowest BCUT2D eigenvalue weighted by atomic mass is 9.97. The minimum atomic E-state index is 0.195. The van der Waals surface area contributed by atoms with Gasteiger partial charge in [0.1, 0.15) is 5.65 Å². The molecule has 0 radical (unpaired) electrons. The van der Waals surface area contributed by atoms with Gasteiger partial charge in [0, 0.05) is 30.2 Å². The second-order valence-corrected chi connectivity index (χ2v) is 7.12. The van der Waals surface area contributed by atoms with Crippen LogP contribution in [0.4, 0.5) is 0 Å². The molecule has 136 valence electrons. The van der Waals surface area contributed by atoms with E-state index in [1.807, 2.05) is 33.6 Å². The van der Waals surface area contributed by atoms with Gasteiger partial charge in [0.05, 0.1) is 18.8 Å². The van der Waals surface area contributed by atoms with Crippen LogP contribution in [0.25, 0.3) is 28.4 Å². The number of fused-ring (bicyclic) bond motifs is 2. The SMILES string of the molecule is CC(C)n1nc(-c2cccn3ccnc23)nc1-c1cccc2c1COCC2. The van der Waals surface area contributed by atoms with Crippen LogP contribution in [0.2, 0.25) is 0 Å². The summed E-state index contributed by atoms with van der Waals surface area (Å²) in [5.74, 6) is 1.58. The third kappa shape index (κ3) is 2.64. The first-order valence-corrected chi connectivity index (χ1v) is 9.30. The third-order valence-corrected chi connectivity index (χ3v) is 5.06. The molecule has 1 aliphatic heterocycles. The Labute approximate surface area is 157 Å². The molecule has 0 saturated heterocycles. The maximum absolute atomic E-state index is 5.73. The number of rotatable bonds is 3. The van der Waals surface area contributed by atoms with Crippen molar-refractivity contribution in [1.82, 2.24) is 24.1 Å². The molecule has 6 heteroatoms. The van der Waals surface area contributed by atoms with Crippen LogP contribution < -0.4 is 0 Å². The lowest BCUT2D eigenvalue weighted by Gasteiger charge is -2.20. The standard InChI is InChI=1S/C21H21N5O/c1-14(2)26-21(16-6-3-5-15-8-12-27-13-18(15)16)23-19(24-26)17-7-4-10-25-11-9-22-20(17)25/h3-7,9-11,14H,8,12-13H2,1-2H3. The molecule has 27 heavy (non-hydrogen) atoms. The third-order valence-electron chi connectivity index (χ3n) is 5.06. The molecular weight excluding hydrogens is 338 g/mol. The second kappa shape index (κ2) is 6.32. The summed E-state index contributed by atoms with van der Waals surface area (Å²) in [5, 5.41) is 4.85. The van der Waals surface area contributed by atoms with Crippen molar-refractivity contribution in [1.29, 1.82) is 0 Å². The summed E-state index contributed by atoms with van der Waals surface area (Å²) in [7, 11) is 0. The molecule has 0 unspecified atom stereocenters. The van der Waals surface area contributed by atoms with E-state index in [0.29, 0.717) is 12.4 Å². The van der Waals surface area contributed by atoms with Crippen LogP contribution in [0, 0.1) is 0 Å². The van der Waals surface area contributed by atoms with Gasteiger partial charge in [-0.25, -0.2) is 14.6 Å². The summed E-state index contributed by atoms with van der Waals surface area (Å²) in [4.78, 5) is 9.43. The first kappa shape index (κ1) is 16.2. The van der Waals surface area contributed by atoms with Gasteiger partial charge in [-0.2, -0.15) is 5.10 Å². The minimum absolute atomic E-state index is 0.195. The van der Waals surface area contributed by atoms with E-state index in [-0.39, 0.29) is 6.04 Å². The molecule has 0 atom stereocenters. The highest BCUT2D eigenvalue weighted by atomic mass is 16.5. The van der Waals surface area contributed by atoms with Gasteiger partial charge in [-0.05, 0) is 43.5 Å². The van der Waals surface area contributed by atoms with Gasteiger partial charge >= 0.3 is 0 Å². The van der Waals surface area contributed by atoms with Crippen molar-refractivity contribution in [2.75, 3.05) is 6.61 Å². The van der Waals surface area contributed by atoms with Crippen molar-refractivity contribution >= 4 is 5.65 Å². The fraction of sp³-hybridized carbons (Fsp3) is 0.286. The van der Waals surface area contributed by atoms with E-state index >= 15 is 0 Å². The van der Waals surface area contributed by atoms with Crippen LogP contribution in [-0.2, 0) is 17.8 Å². The zero-order valence-electron chi connectivity index (χ0n) is 15.5. The number of pyridine rings is 1. The van der Waals surface area contributed by atoms with Crippen LogP contribution >= 0.6 is 0 Å². The molecule has 0 N–H and O–H groups in total. The van der Waals surface area contributed by atoms with Gasteiger partial charge in [0.2, 0.25) is 0 Å². The molecule has 3 aromatic heterocycles. The van der Waals surface area contributed by atoms with E-state index in [1.54, 1.807) is 6.20 Å². The Kier molecular flexibility index (Phi) is 3.79. The topological polar surface area (TPSA) is 57.2 Å². The Morgan fingerprint density at radius 2 is 1.96 bits per heavy atom. The molecule has 0 saturated carbocycles. The van der Waals surface area contributed by atoms with E-state index < -0.39 is 0 Å². The van der Waals surface area contributed by atoms with Crippen molar-refractivity contribution in [3.05, 3.63) is 60.0 Å². The van der Waals surface area contributed by atoms with Gasteiger partial charge < -0.3 is 9.14 Å². The second-order valence-electron chi connectivity index (χ2n) is 7.12. The highest BCUT2D eigenvalue weighted by molar-refractivity contribution is 5.74. The normalized spacial score (nSPS) is 14.0. The van der Waals surface area contributed by atoms with Gasteiger partial charge in [0.15, 0.2) is 11.6 Å². The van der Waals surface area contributed by atoms with E-state index in [0.717, 1.165) is 35.6 Å². The summed E-state index contributed by atoms with van der Waals surface area (Å²) in [6.45, 7) is 5.66. The Bertz CT molecular complexity index is 1120. The summed E-state index contributed by atoms with van der Waals surface area (Å²) >= 11 is 0. The average molecular weight is 359 g/mol. The molecule has 0 bridgehead atoms. The summed E-state index contributed by atoms with van der Waals surface area (Å²) in [6.07, 6.45) is 6.66. The molecule has 1 aromatic carbocycles. The van der Waals surface area contributed by atoms with Crippen LogP contribution in [0.5, 0.6) is 0 Å². The zero-order chi connectivity index (χ0) is 18.4. The number of imidazole rings is 1. The predicted molar refractivity (Wildman–Crippen MR) is 103 cm³/mol. The van der Waals surface area contributed by atoms with Gasteiger partial charge in [-0.1, -0.05) is 18.2 Å². The van der Waals surface area contributed by atoms with Crippen molar-refractivity contribution in [2.45, 2.75) is 32.9 Å². The fourth-order valence-corrected chi connectivity index (χ4v) is 3.71. The van der Waals surface area contributed by atoms with Gasteiger partial charge in [-0.15, -0.1) is 0 Å². The molecule has 1 aliphatic rings. The van der Waals surface area contributed by atoms with E-state index in [4.69, 9.17) is 14.8 Å². The highest BCUT2D eigenvalue weighted by Crippen LogP contribution is 2.32. The molecule has 4 aromatic rings. The first-order valence-electron chi connectivity index (χ1n) is 9.30. The van der Waals surface area contributed by atoms with E-state index in [9.17, 15) is 0 Å².